The summed E-state index contributed by atoms with van der Waals surface area (Å²) in [7, 11) is 2.16. The van der Waals surface area contributed by atoms with Crippen LogP contribution < -0.4 is 5.73 Å². The van der Waals surface area contributed by atoms with Gasteiger partial charge in [-0.05, 0) is 25.8 Å². The Labute approximate surface area is 99.3 Å². The van der Waals surface area contributed by atoms with E-state index in [0.717, 1.165) is 19.7 Å². The van der Waals surface area contributed by atoms with Gasteiger partial charge in [0.05, 0.1) is 12.7 Å². The van der Waals surface area contributed by atoms with Crippen LogP contribution in [0.4, 0.5) is 0 Å². The van der Waals surface area contributed by atoms with Gasteiger partial charge in [-0.2, -0.15) is 0 Å². The number of rotatable bonds is 2. The Morgan fingerprint density at radius 3 is 2.50 bits per heavy atom. The molecule has 2 unspecified atom stereocenters. The Balaban J connectivity index is 1.86. The fraction of sp³-hybridized carbons (Fsp3) is 1.00. The number of likely N-dealkylation sites (N-methyl/N-ethyl adjacent to an activating group) is 1. The molecule has 0 spiro atoms. The summed E-state index contributed by atoms with van der Waals surface area (Å²) in [5.41, 5.74) is 6.40. The predicted molar refractivity (Wildman–Crippen MR) is 66.4 cm³/mol. The zero-order chi connectivity index (χ0) is 11.4. The van der Waals surface area contributed by atoms with Crippen LogP contribution >= 0.6 is 0 Å². The maximum Gasteiger partial charge on any atom is 0.0855 e. The van der Waals surface area contributed by atoms with Crippen molar-refractivity contribution in [1.29, 1.82) is 0 Å². The molecule has 2 aliphatic rings. The highest BCUT2D eigenvalue weighted by atomic mass is 16.5. The van der Waals surface area contributed by atoms with E-state index < -0.39 is 0 Å². The Bertz CT molecular complexity index is 200. The largest absolute Gasteiger partial charge is 0.374 e. The van der Waals surface area contributed by atoms with Crippen LogP contribution in [-0.4, -0.2) is 43.8 Å². The van der Waals surface area contributed by atoms with Gasteiger partial charge >= 0.3 is 0 Å². The summed E-state index contributed by atoms with van der Waals surface area (Å²) in [4.78, 5) is 2.34. The SMILES string of the molecule is CN1CCOC(C(N)C2CCCCCC2)C1. The highest BCUT2D eigenvalue weighted by Crippen LogP contribution is 2.27. The molecule has 2 rings (SSSR count). The van der Waals surface area contributed by atoms with Crippen molar-refractivity contribution in [2.45, 2.75) is 50.7 Å². The van der Waals surface area contributed by atoms with Gasteiger partial charge in [0.15, 0.2) is 0 Å². The molecule has 2 fully saturated rings. The van der Waals surface area contributed by atoms with Gasteiger partial charge in [0, 0.05) is 19.1 Å². The van der Waals surface area contributed by atoms with Crippen LogP contribution in [0.2, 0.25) is 0 Å². The third kappa shape index (κ3) is 3.19. The molecule has 0 amide bonds. The average molecular weight is 226 g/mol. The first-order valence-corrected chi connectivity index (χ1v) is 6.83. The lowest BCUT2D eigenvalue weighted by molar-refractivity contribution is -0.0427. The van der Waals surface area contributed by atoms with Gasteiger partial charge in [-0.1, -0.05) is 25.7 Å². The number of nitrogens with two attached hydrogens (primary N) is 1. The summed E-state index contributed by atoms with van der Waals surface area (Å²) in [5, 5.41) is 0. The molecule has 1 heterocycles. The quantitative estimate of drug-likeness (QED) is 0.727. The van der Waals surface area contributed by atoms with Gasteiger partial charge < -0.3 is 15.4 Å². The van der Waals surface area contributed by atoms with E-state index in [1.165, 1.54) is 38.5 Å². The number of nitrogens with zero attached hydrogens (tertiary/aromatic N) is 1. The van der Waals surface area contributed by atoms with Crippen LogP contribution in [0.25, 0.3) is 0 Å². The third-order valence-corrected chi connectivity index (χ3v) is 4.17. The van der Waals surface area contributed by atoms with Crippen LogP contribution in [0.15, 0.2) is 0 Å². The van der Waals surface area contributed by atoms with Crippen molar-refractivity contribution in [2.75, 3.05) is 26.7 Å². The van der Waals surface area contributed by atoms with Gasteiger partial charge in [0.1, 0.15) is 0 Å². The van der Waals surface area contributed by atoms with Gasteiger partial charge in [0.2, 0.25) is 0 Å². The van der Waals surface area contributed by atoms with Crippen LogP contribution in [-0.2, 0) is 4.74 Å². The Kier molecular flexibility index (Phi) is 4.62. The van der Waals surface area contributed by atoms with Crippen molar-refractivity contribution in [3.05, 3.63) is 0 Å². The first kappa shape index (κ1) is 12.3. The minimum Gasteiger partial charge on any atom is -0.374 e. The molecule has 3 heteroatoms. The van der Waals surface area contributed by atoms with E-state index in [9.17, 15) is 0 Å². The highest BCUT2D eigenvalue weighted by Gasteiger charge is 2.30. The topological polar surface area (TPSA) is 38.5 Å². The van der Waals surface area contributed by atoms with Crippen LogP contribution in [0.3, 0.4) is 0 Å². The van der Waals surface area contributed by atoms with Crippen molar-refractivity contribution in [3.63, 3.8) is 0 Å². The summed E-state index contributed by atoms with van der Waals surface area (Å²) in [6.07, 6.45) is 8.41. The minimum atomic E-state index is 0.251. The first-order valence-electron chi connectivity index (χ1n) is 6.83. The second kappa shape index (κ2) is 5.99. The van der Waals surface area contributed by atoms with E-state index in [4.69, 9.17) is 10.5 Å². The van der Waals surface area contributed by atoms with Gasteiger partial charge in [0.25, 0.3) is 0 Å². The average Bonchev–Trinajstić information content (AvgIpc) is 2.56. The number of morpholine rings is 1. The number of hydrogen-bond acceptors (Lipinski definition) is 3. The lowest BCUT2D eigenvalue weighted by Crippen LogP contribution is -2.52. The zero-order valence-corrected chi connectivity index (χ0v) is 10.5. The second-order valence-electron chi connectivity index (χ2n) is 5.50. The van der Waals surface area contributed by atoms with E-state index in [1.807, 2.05) is 0 Å². The molecule has 1 aliphatic heterocycles. The third-order valence-electron chi connectivity index (χ3n) is 4.17. The summed E-state index contributed by atoms with van der Waals surface area (Å²) in [6.45, 7) is 2.91. The van der Waals surface area contributed by atoms with Crippen molar-refractivity contribution in [3.8, 4) is 0 Å². The zero-order valence-electron chi connectivity index (χ0n) is 10.5. The molecule has 16 heavy (non-hydrogen) atoms. The molecule has 1 aliphatic carbocycles. The standard InChI is InChI=1S/C13H26N2O/c1-15-8-9-16-12(10-15)13(14)11-6-4-2-3-5-7-11/h11-13H,2-10,14H2,1H3. The molecule has 1 saturated carbocycles. The van der Waals surface area contributed by atoms with E-state index in [1.54, 1.807) is 0 Å². The van der Waals surface area contributed by atoms with Crippen molar-refractivity contribution in [2.24, 2.45) is 11.7 Å². The first-order chi connectivity index (χ1) is 7.77. The van der Waals surface area contributed by atoms with Crippen LogP contribution in [0, 0.1) is 5.92 Å². The summed E-state index contributed by atoms with van der Waals surface area (Å²) in [6, 6.07) is 0.251. The highest BCUT2D eigenvalue weighted by molar-refractivity contribution is 4.85. The van der Waals surface area contributed by atoms with Crippen molar-refractivity contribution >= 4 is 0 Å². The molecule has 2 N–H and O–H groups in total. The van der Waals surface area contributed by atoms with Crippen molar-refractivity contribution < 1.29 is 4.74 Å². The van der Waals surface area contributed by atoms with E-state index in [2.05, 4.69) is 11.9 Å². The predicted octanol–water partition coefficient (Wildman–Crippen LogP) is 1.61. The molecule has 94 valence electrons. The summed E-state index contributed by atoms with van der Waals surface area (Å²) >= 11 is 0. The monoisotopic (exact) mass is 226 g/mol. The molecule has 2 atom stereocenters. The summed E-state index contributed by atoms with van der Waals surface area (Å²) < 4.78 is 5.84. The number of hydrogen-bond donors (Lipinski definition) is 1. The molecular formula is C13H26N2O. The normalized spacial score (nSPS) is 32.2. The Morgan fingerprint density at radius 1 is 1.19 bits per heavy atom. The maximum atomic E-state index is 6.40. The molecule has 0 radical (unpaired) electrons. The lowest BCUT2D eigenvalue weighted by Gasteiger charge is -2.36. The van der Waals surface area contributed by atoms with Gasteiger partial charge in [-0.25, -0.2) is 0 Å². The van der Waals surface area contributed by atoms with E-state index in [-0.39, 0.29) is 12.1 Å². The smallest absolute Gasteiger partial charge is 0.0855 e. The van der Waals surface area contributed by atoms with Gasteiger partial charge in [-0.15, -0.1) is 0 Å². The Morgan fingerprint density at radius 2 is 1.88 bits per heavy atom. The molecule has 0 bridgehead atoms. The molecule has 0 aromatic heterocycles. The van der Waals surface area contributed by atoms with Gasteiger partial charge in [-0.3, -0.25) is 0 Å². The fourth-order valence-electron chi connectivity index (χ4n) is 3.04. The second-order valence-corrected chi connectivity index (χ2v) is 5.50. The molecule has 0 aromatic rings. The Hall–Kier alpha value is -0.120. The maximum absolute atomic E-state index is 6.40. The fourth-order valence-corrected chi connectivity index (χ4v) is 3.04. The number of ether oxygens (including phenoxy) is 1. The van der Waals surface area contributed by atoms with E-state index >= 15 is 0 Å². The minimum absolute atomic E-state index is 0.251. The van der Waals surface area contributed by atoms with Crippen LogP contribution in [0.1, 0.15) is 38.5 Å². The molecule has 3 nitrogen and oxygen atoms in total. The molecule has 1 saturated heterocycles. The molecule has 0 aromatic carbocycles. The summed E-state index contributed by atoms with van der Waals surface area (Å²) in [5.74, 6) is 0.694. The van der Waals surface area contributed by atoms with E-state index in [0.29, 0.717) is 5.92 Å². The van der Waals surface area contributed by atoms with Crippen LogP contribution in [0.5, 0.6) is 0 Å². The lowest BCUT2D eigenvalue weighted by atomic mass is 9.88. The van der Waals surface area contributed by atoms with Crippen molar-refractivity contribution in [1.82, 2.24) is 4.90 Å². The molecular weight excluding hydrogens is 200 g/mol.